The van der Waals surface area contributed by atoms with Crippen LogP contribution in [0.5, 0.6) is 0 Å². The third-order valence-corrected chi connectivity index (χ3v) is 3.71. The summed E-state index contributed by atoms with van der Waals surface area (Å²) < 4.78 is 0. The van der Waals surface area contributed by atoms with Crippen molar-refractivity contribution in [2.75, 3.05) is 23.7 Å². The zero-order valence-corrected chi connectivity index (χ0v) is 13.0. The molecule has 1 aliphatic rings. The molecule has 0 saturated carbocycles. The molecule has 1 fully saturated rings. The summed E-state index contributed by atoms with van der Waals surface area (Å²) in [6, 6.07) is 6.22. The number of anilines is 2. The minimum atomic E-state index is -0.884. The predicted octanol–water partition coefficient (Wildman–Crippen LogP) is 1.52. The molecule has 1 aromatic carbocycles. The molecule has 1 heterocycles. The highest BCUT2D eigenvalue weighted by Gasteiger charge is 2.29. The average Bonchev–Trinajstić information content (AvgIpc) is 2.47. The van der Waals surface area contributed by atoms with Gasteiger partial charge in [0.05, 0.1) is 6.54 Å². The maximum Gasteiger partial charge on any atom is 0.320 e. The fourth-order valence-corrected chi connectivity index (χ4v) is 2.72. The second-order valence-electron chi connectivity index (χ2n) is 5.63. The van der Waals surface area contributed by atoms with Gasteiger partial charge in [-0.25, -0.2) is 0 Å². The molecule has 0 aromatic heterocycles. The van der Waals surface area contributed by atoms with Gasteiger partial charge in [-0.2, -0.15) is 0 Å². The Bertz CT molecular complexity index is 603. The number of carbonyl (C=O) groups excluding carboxylic acids is 2. The van der Waals surface area contributed by atoms with Crippen LogP contribution in [-0.2, 0) is 14.4 Å². The van der Waals surface area contributed by atoms with Gasteiger partial charge in [-0.05, 0) is 37.6 Å². The number of carboxylic acid groups (broad SMARTS) is 1. The Morgan fingerprint density at radius 1 is 1.22 bits per heavy atom. The minimum Gasteiger partial charge on any atom is -0.480 e. The number of nitrogens with one attached hydrogen (secondary N) is 2. The summed E-state index contributed by atoms with van der Waals surface area (Å²) in [5, 5.41) is 14.6. The first-order valence-electron chi connectivity index (χ1n) is 7.60. The monoisotopic (exact) mass is 319 g/mol. The Hall–Kier alpha value is -2.41. The van der Waals surface area contributed by atoms with Crippen molar-refractivity contribution in [3.63, 3.8) is 0 Å². The number of carbonyl (C=O) groups is 3. The van der Waals surface area contributed by atoms with E-state index in [9.17, 15) is 19.5 Å². The molecule has 1 aliphatic heterocycles. The molecule has 3 N–H and O–H groups in total. The van der Waals surface area contributed by atoms with Crippen molar-refractivity contribution < 1.29 is 19.5 Å². The van der Waals surface area contributed by atoms with Crippen LogP contribution in [0, 0.1) is 0 Å². The van der Waals surface area contributed by atoms with E-state index in [1.54, 1.807) is 29.2 Å². The number of amides is 2. The number of hydrogen-bond donors (Lipinski definition) is 3. The molecule has 1 saturated heterocycles. The summed E-state index contributed by atoms with van der Waals surface area (Å²) >= 11 is 0. The van der Waals surface area contributed by atoms with Gasteiger partial charge in [-0.3, -0.25) is 19.3 Å². The van der Waals surface area contributed by atoms with E-state index in [-0.39, 0.29) is 18.4 Å². The maximum absolute atomic E-state index is 12.1. The van der Waals surface area contributed by atoms with Gasteiger partial charge in [-0.1, -0.05) is 12.5 Å². The fraction of sp³-hybridized carbons (Fsp3) is 0.438. The lowest BCUT2D eigenvalue weighted by Gasteiger charge is -2.32. The van der Waals surface area contributed by atoms with E-state index in [1.807, 2.05) is 0 Å². The number of rotatable bonds is 5. The molecular weight excluding hydrogens is 298 g/mol. The highest BCUT2D eigenvalue weighted by molar-refractivity contribution is 5.94. The van der Waals surface area contributed by atoms with Crippen molar-refractivity contribution >= 4 is 29.2 Å². The molecule has 0 spiro atoms. The van der Waals surface area contributed by atoms with Crippen molar-refractivity contribution in [1.29, 1.82) is 0 Å². The van der Waals surface area contributed by atoms with Gasteiger partial charge < -0.3 is 15.7 Å². The van der Waals surface area contributed by atoms with E-state index in [1.165, 1.54) is 6.92 Å². The summed E-state index contributed by atoms with van der Waals surface area (Å²) in [4.78, 5) is 36.1. The lowest BCUT2D eigenvalue weighted by molar-refractivity contribution is -0.145. The first-order valence-corrected chi connectivity index (χ1v) is 7.60. The number of nitrogens with zero attached hydrogens (tertiary/aromatic N) is 1. The average molecular weight is 319 g/mol. The van der Waals surface area contributed by atoms with Crippen LogP contribution in [0.4, 0.5) is 11.4 Å². The molecule has 1 aromatic rings. The van der Waals surface area contributed by atoms with Gasteiger partial charge >= 0.3 is 5.97 Å². The summed E-state index contributed by atoms with van der Waals surface area (Å²) in [7, 11) is 0. The van der Waals surface area contributed by atoms with Crippen LogP contribution >= 0.6 is 0 Å². The Morgan fingerprint density at radius 2 is 1.91 bits per heavy atom. The Balaban J connectivity index is 1.96. The first-order chi connectivity index (χ1) is 11.0. The zero-order valence-electron chi connectivity index (χ0n) is 13.0. The molecule has 0 radical (unpaired) electrons. The standard InChI is InChI=1S/C16H21N3O4/c1-11(20)17-12-5-4-6-13(9-12)18-15(21)10-19-8-3-2-7-14(19)16(22)23/h4-6,9,14H,2-3,7-8,10H2,1H3,(H,17,20)(H,18,21)(H,22,23). The predicted molar refractivity (Wildman–Crippen MR) is 86.2 cm³/mol. The summed E-state index contributed by atoms with van der Waals surface area (Å²) in [5.41, 5.74) is 1.15. The van der Waals surface area contributed by atoms with Crippen LogP contribution < -0.4 is 10.6 Å². The molecular formula is C16H21N3O4. The second-order valence-corrected chi connectivity index (χ2v) is 5.63. The molecule has 23 heavy (non-hydrogen) atoms. The third-order valence-electron chi connectivity index (χ3n) is 3.71. The van der Waals surface area contributed by atoms with Crippen LogP contribution in [0.15, 0.2) is 24.3 Å². The number of benzene rings is 1. The van der Waals surface area contributed by atoms with Crippen molar-refractivity contribution in [2.24, 2.45) is 0 Å². The van der Waals surface area contributed by atoms with Crippen LogP contribution in [-0.4, -0.2) is 46.9 Å². The molecule has 0 bridgehead atoms. The lowest BCUT2D eigenvalue weighted by atomic mass is 10.0. The van der Waals surface area contributed by atoms with Crippen LogP contribution in [0.2, 0.25) is 0 Å². The van der Waals surface area contributed by atoms with Crippen molar-refractivity contribution in [3.8, 4) is 0 Å². The van der Waals surface area contributed by atoms with Crippen molar-refractivity contribution in [1.82, 2.24) is 4.90 Å². The van der Waals surface area contributed by atoms with Gasteiger partial charge in [0.1, 0.15) is 6.04 Å². The van der Waals surface area contributed by atoms with Gasteiger partial charge in [-0.15, -0.1) is 0 Å². The van der Waals surface area contributed by atoms with Gasteiger partial charge in [0.15, 0.2) is 0 Å². The fourth-order valence-electron chi connectivity index (χ4n) is 2.72. The summed E-state index contributed by atoms with van der Waals surface area (Å²) in [6.07, 6.45) is 2.34. The lowest BCUT2D eigenvalue weighted by Crippen LogP contribution is -2.47. The molecule has 1 atom stereocenters. The van der Waals surface area contributed by atoms with Crippen molar-refractivity contribution in [2.45, 2.75) is 32.2 Å². The zero-order chi connectivity index (χ0) is 16.8. The normalized spacial score (nSPS) is 18.2. The van der Waals surface area contributed by atoms with E-state index in [0.717, 1.165) is 12.8 Å². The number of piperidine rings is 1. The maximum atomic E-state index is 12.1. The van der Waals surface area contributed by atoms with Gasteiger partial charge in [0.25, 0.3) is 0 Å². The molecule has 2 amide bonds. The number of likely N-dealkylation sites (tertiary alicyclic amines) is 1. The van der Waals surface area contributed by atoms with Crippen molar-refractivity contribution in [3.05, 3.63) is 24.3 Å². The highest BCUT2D eigenvalue weighted by Crippen LogP contribution is 2.18. The topological polar surface area (TPSA) is 98.7 Å². The summed E-state index contributed by atoms with van der Waals surface area (Å²) in [5.74, 6) is -1.34. The molecule has 2 rings (SSSR count). The number of carboxylic acids is 1. The highest BCUT2D eigenvalue weighted by atomic mass is 16.4. The van der Waals surface area contributed by atoms with Crippen LogP contribution in [0.1, 0.15) is 26.2 Å². The van der Waals surface area contributed by atoms with E-state index < -0.39 is 12.0 Å². The van der Waals surface area contributed by atoms with Gasteiger partial charge in [0, 0.05) is 18.3 Å². The molecule has 0 aliphatic carbocycles. The SMILES string of the molecule is CC(=O)Nc1cccc(NC(=O)CN2CCCCC2C(=O)O)c1. The van der Waals surface area contributed by atoms with E-state index in [0.29, 0.717) is 24.3 Å². The smallest absolute Gasteiger partial charge is 0.320 e. The summed E-state index contributed by atoms with van der Waals surface area (Å²) in [6.45, 7) is 2.06. The molecule has 7 heteroatoms. The Kier molecular flexibility index (Phi) is 5.70. The largest absolute Gasteiger partial charge is 0.480 e. The number of aliphatic carboxylic acids is 1. The second kappa shape index (κ2) is 7.73. The minimum absolute atomic E-state index is 0.0430. The van der Waals surface area contributed by atoms with E-state index in [4.69, 9.17) is 0 Å². The molecule has 124 valence electrons. The Morgan fingerprint density at radius 3 is 2.57 bits per heavy atom. The van der Waals surface area contributed by atoms with Crippen LogP contribution in [0.3, 0.4) is 0 Å². The molecule has 7 nitrogen and oxygen atoms in total. The Labute approximate surface area is 134 Å². The number of hydrogen-bond acceptors (Lipinski definition) is 4. The third kappa shape index (κ3) is 5.07. The first kappa shape index (κ1) is 17.0. The van der Waals surface area contributed by atoms with E-state index in [2.05, 4.69) is 10.6 Å². The molecule has 1 unspecified atom stereocenters. The quantitative estimate of drug-likeness (QED) is 0.764. The van der Waals surface area contributed by atoms with E-state index >= 15 is 0 Å². The van der Waals surface area contributed by atoms with Crippen LogP contribution in [0.25, 0.3) is 0 Å². The van der Waals surface area contributed by atoms with Gasteiger partial charge in [0.2, 0.25) is 11.8 Å².